The molecule has 0 aliphatic carbocycles. The van der Waals surface area contributed by atoms with Gasteiger partial charge in [-0.1, -0.05) is 26.0 Å². The van der Waals surface area contributed by atoms with Crippen LogP contribution in [0.1, 0.15) is 62.5 Å². The van der Waals surface area contributed by atoms with Crippen molar-refractivity contribution >= 4 is 32.8 Å². The Hall–Kier alpha value is -2.89. The summed E-state index contributed by atoms with van der Waals surface area (Å²) in [5.74, 6) is 0.0412. The number of aryl methyl sites for hydroxylation is 2. The second-order valence-corrected chi connectivity index (χ2v) is 10.3. The van der Waals surface area contributed by atoms with Crippen molar-refractivity contribution in [2.24, 2.45) is 5.73 Å². The lowest BCUT2D eigenvalue weighted by molar-refractivity contribution is 0.0411. The highest BCUT2D eigenvalue weighted by atomic mass is 32.2. The highest BCUT2D eigenvalue weighted by molar-refractivity contribution is 7.94. The molecule has 1 unspecified atom stereocenters. The first-order valence-corrected chi connectivity index (χ1v) is 14.1. The summed E-state index contributed by atoms with van der Waals surface area (Å²) in [6, 6.07) is 7.73. The Kier molecular flexibility index (Phi) is 13.8. The number of sulfone groups is 1. The van der Waals surface area contributed by atoms with Gasteiger partial charge in [0.1, 0.15) is 6.23 Å². The van der Waals surface area contributed by atoms with Crippen molar-refractivity contribution in [2.75, 3.05) is 12.4 Å². The van der Waals surface area contributed by atoms with Gasteiger partial charge in [-0.2, -0.15) is 8.42 Å². The van der Waals surface area contributed by atoms with Crippen molar-refractivity contribution in [1.82, 2.24) is 15.3 Å². The first-order valence-electron chi connectivity index (χ1n) is 11.7. The van der Waals surface area contributed by atoms with Crippen LogP contribution in [0.25, 0.3) is 11.4 Å². The fourth-order valence-corrected chi connectivity index (χ4v) is 3.97. The van der Waals surface area contributed by atoms with E-state index in [0.29, 0.717) is 5.69 Å². The van der Waals surface area contributed by atoms with E-state index in [0.717, 1.165) is 42.5 Å². The third kappa shape index (κ3) is 10.8. The topological polar surface area (TPSA) is 141 Å². The average Bonchev–Trinajstić information content (AvgIpc) is 2.86. The summed E-state index contributed by atoms with van der Waals surface area (Å²) in [4.78, 5) is 8.56. The number of hydrogen-bond acceptors (Lipinski definition) is 9. The molecule has 1 aliphatic rings. The van der Waals surface area contributed by atoms with E-state index in [2.05, 4.69) is 41.3 Å². The van der Waals surface area contributed by atoms with Crippen LogP contribution in [0.5, 0.6) is 0 Å². The molecule has 2 aromatic rings. The molecule has 3 rings (SSSR count). The van der Waals surface area contributed by atoms with E-state index in [1.807, 2.05) is 26.1 Å². The molecule has 0 saturated heterocycles. The number of nitrogens with two attached hydrogens (primary N) is 1. The van der Waals surface area contributed by atoms with Crippen molar-refractivity contribution in [2.45, 2.75) is 60.1 Å². The average molecular weight is 537 g/mol. The number of allylic oxidation sites excluding steroid dienone is 1. The molecule has 1 atom stereocenters. The van der Waals surface area contributed by atoms with Crippen molar-refractivity contribution < 1.29 is 21.6 Å². The smallest absolute Gasteiger partial charge is 0.335 e. The Balaban J connectivity index is 0.000000329. The van der Waals surface area contributed by atoms with Crippen LogP contribution in [0.3, 0.4) is 0 Å². The van der Waals surface area contributed by atoms with E-state index in [-0.39, 0.29) is 17.7 Å². The van der Waals surface area contributed by atoms with Crippen LogP contribution < -0.4 is 11.1 Å². The van der Waals surface area contributed by atoms with Gasteiger partial charge in [0.25, 0.3) is 0 Å². The highest BCUT2D eigenvalue weighted by Gasteiger charge is 2.21. The third-order valence-corrected chi connectivity index (χ3v) is 6.66. The molecule has 9 nitrogen and oxygen atoms in total. The van der Waals surface area contributed by atoms with E-state index < -0.39 is 21.4 Å². The Bertz CT molecular complexity index is 1160. The van der Waals surface area contributed by atoms with Gasteiger partial charge in [0, 0.05) is 19.0 Å². The maximum atomic E-state index is 11.3. The summed E-state index contributed by atoms with van der Waals surface area (Å²) < 4.78 is 44.8. The first kappa shape index (κ1) is 31.1. The van der Waals surface area contributed by atoms with Gasteiger partial charge < -0.3 is 15.8 Å². The molecule has 0 spiro atoms. The number of pyridine rings is 2. The molecule has 0 radical (unpaired) electrons. The number of hydrogen-bond donors (Lipinski definition) is 2. The van der Waals surface area contributed by atoms with Crippen LogP contribution in [0.4, 0.5) is 0 Å². The lowest BCUT2D eigenvalue weighted by Crippen LogP contribution is -2.34. The molecule has 3 N–H and O–H groups in total. The standard InChI is InChI=1S/C15H22N2O.C10H14N2O2S.O2S/c1-4-12-7-9-14(18-5-2)17-15(12)13-8-6-11(3)10-16-13;1-3-15(13,14)7-9(11)10-5-4-8(2)6-12-10;1-3-2/h6,8,10,14,17H,4-5,7,9H2,1-3H3;4-7H,3,11H2,1-2H3;. The van der Waals surface area contributed by atoms with Crippen LogP contribution in [0.2, 0.25) is 0 Å². The molecule has 0 bridgehead atoms. The SMILES string of the molecule is CCOC1CCC(CC)=C(c2ccc(C)cn2)N1.CCS(=O)(=O)C=C(N)c1ccc(C)cn1.O=S=O. The van der Waals surface area contributed by atoms with Crippen LogP contribution >= 0.6 is 0 Å². The zero-order valence-electron chi connectivity index (χ0n) is 21.5. The molecule has 11 heteroatoms. The zero-order chi connectivity index (χ0) is 27.1. The lowest BCUT2D eigenvalue weighted by Gasteiger charge is -2.29. The Morgan fingerprint density at radius 2 is 1.72 bits per heavy atom. The lowest BCUT2D eigenvalue weighted by atomic mass is 9.98. The molecular weight excluding hydrogens is 500 g/mol. The summed E-state index contributed by atoms with van der Waals surface area (Å²) in [6.07, 6.45) is 6.90. The van der Waals surface area contributed by atoms with Gasteiger partial charge in [-0.25, -0.2) is 8.42 Å². The molecular formula is C25H36N4O5S2. The molecule has 0 amide bonds. The first-order chi connectivity index (χ1) is 17.1. The number of ether oxygens (including phenoxy) is 1. The monoisotopic (exact) mass is 536 g/mol. The maximum Gasteiger partial charge on any atom is 0.335 e. The fraction of sp³-hybridized carbons (Fsp3) is 0.440. The number of aromatic nitrogens is 2. The Morgan fingerprint density at radius 3 is 2.19 bits per heavy atom. The van der Waals surface area contributed by atoms with Crippen LogP contribution in [-0.2, 0) is 26.1 Å². The summed E-state index contributed by atoms with van der Waals surface area (Å²) in [6.45, 7) is 10.5. The number of nitrogens with zero attached hydrogens (tertiary/aromatic N) is 2. The van der Waals surface area contributed by atoms with Crippen molar-refractivity contribution in [3.05, 3.63) is 70.2 Å². The zero-order valence-corrected chi connectivity index (χ0v) is 23.1. The van der Waals surface area contributed by atoms with E-state index in [1.54, 1.807) is 19.2 Å². The van der Waals surface area contributed by atoms with Crippen LogP contribution in [0, 0.1) is 13.8 Å². The Morgan fingerprint density at radius 1 is 1.11 bits per heavy atom. The van der Waals surface area contributed by atoms with Gasteiger partial charge >= 0.3 is 11.6 Å². The minimum Gasteiger partial charge on any atom is -0.396 e. The normalized spacial score (nSPS) is 15.6. The molecule has 36 heavy (non-hydrogen) atoms. The highest BCUT2D eigenvalue weighted by Crippen LogP contribution is 2.27. The summed E-state index contributed by atoms with van der Waals surface area (Å²) >= 11 is -0.750. The molecule has 0 saturated carbocycles. The van der Waals surface area contributed by atoms with Gasteiger partial charge in [-0.3, -0.25) is 9.97 Å². The minimum absolute atomic E-state index is 0.0412. The Labute approximate surface area is 217 Å². The van der Waals surface area contributed by atoms with Gasteiger partial charge in [0.05, 0.1) is 33.9 Å². The predicted octanol–water partition coefficient (Wildman–Crippen LogP) is 3.67. The molecule has 3 heterocycles. The van der Waals surface area contributed by atoms with Crippen molar-refractivity contribution in [1.29, 1.82) is 0 Å². The van der Waals surface area contributed by atoms with Gasteiger partial charge in [-0.15, -0.1) is 0 Å². The van der Waals surface area contributed by atoms with Crippen molar-refractivity contribution in [3.63, 3.8) is 0 Å². The van der Waals surface area contributed by atoms with Gasteiger partial charge in [0.2, 0.25) is 0 Å². The summed E-state index contributed by atoms with van der Waals surface area (Å²) in [5.41, 5.74) is 12.1. The van der Waals surface area contributed by atoms with Crippen molar-refractivity contribution in [3.8, 4) is 0 Å². The van der Waals surface area contributed by atoms with E-state index in [9.17, 15) is 8.42 Å². The summed E-state index contributed by atoms with van der Waals surface area (Å²) in [5, 5.41) is 4.55. The quantitative estimate of drug-likeness (QED) is 0.542. The largest absolute Gasteiger partial charge is 0.396 e. The third-order valence-electron chi connectivity index (χ3n) is 5.25. The van der Waals surface area contributed by atoms with Gasteiger partial charge in [-0.05, 0) is 68.9 Å². The molecule has 0 aromatic carbocycles. The second kappa shape index (κ2) is 16.0. The summed E-state index contributed by atoms with van der Waals surface area (Å²) in [7, 11) is -3.20. The number of nitrogens with one attached hydrogen (secondary N) is 1. The molecule has 2 aromatic heterocycles. The predicted molar refractivity (Wildman–Crippen MR) is 143 cm³/mol. The van der Waals surface area contributed by atoms with Gasteiger partial charge in [0.15, 0.2) is 9.84 Å². The minimum atomic E-state index is -3.20. The van der Waals surface area contributed by atoms with E-state index in [4.69, 9.17) is 18.9 Å². The maximum absolute atomic E-state index is 11.3. The fourth-order valence-electron chi connectivity index (χ4n) is 3.29. The molecule has 198 valence electrons. The number of rotatable bonds is 7. The second-order valence-electron chi connectivity index (χ2n) is 7.99. The van der Waals surface area contributed by atoms with Crippen LogP contribution in [-0.4, -0.2) is 45.4 Å². The van der Waals surface area contributed by atoms with Crippen LogP contribution in [0.15, 0.2) is 47.6 Å². The van der Waals surface area contributed by atoms with E-state index in [1.165, 1.54) is 16.8 Å². The molecule has 1 aliphatic heterocycles. The molecule has 0 fully saturated rings. The van der Waals surface area contributed by atoms with E-state index >= 15 is 0 Å².